The normalized spacial score (nSPS) is 10.8. The predicted octanol–water partition coefficient (Wildman–Crippen LogP) is 4.03. The number of benzene rings is 2. The minimum Gasteiger partial charge on any atom is -0.497 e. The maximum atomic E-state index is 13.1. The molecule has 2 aromatic heterocycles. The molecule has 0 atom stereocenters. The van der Waals surface area contributed by atoms with Crippen LogP contribution in [0.3, 0.4) is 0 Å². The summed E-state index contributed by atoms with van der Waals surface area (Å²) in [5.74, 6) is 0.442. The van der Waals surface area contributed by atoms with Gasteiger partial charge in [0.25, 0.3) is 11.5 Å². The molecule has 29 heavy (non-hydrogen) atoms. The van der Waals surface area contributed by atoms with Crippen LogP contribution in [0.1, 0.15) is 15.9 Å². The number of methoxy groups -OCH3 is 1. The molecule has 0 spiro atoms. The van der Waals surface area contributed by atoms with Crippen LogP contribution in [-0.4, -0.2) is 24.1 Å². The Morgan fingerprint density at radius 3 is 2.69 bits per heavy atom. The first-order valence-corrected chi connectivity index (χ1v) is 10.2. The number of carbonyl (C=O) groups is 1. The van der Waals surface area contributed by atoms with Crippen molar-refractivity contribution < 1.29 is 9.53 Å². The first-order valence-electron chi connectivity index (χ1n) is 9.25. The average molecular weight is 404 g/mol. The van der Waals surface area contributed by atoms with Gasteiger partial charge in [-0.1, -0.05) is 24.3 Å². The standard InChI is InChI=1S/C23H20N2O3S/c1-28-18-6-4-5-17(13-18)25-14-21(19-7-2-3-8-20(19)23(25)27)22(26)24-11-9-16-10-12-29-15-16/h2-8,10,12-15H,9,11H2,1H3,(H,24,26). The monoisotopic (exact) mass is 404 g/mol. The molecule has 4 aromatic rings. The van der Waals surface area contributed by atoms with Gasteiger partial charge in [0.15, 0.2) is 0 Å². The van der Waals surface area contributed by atoms with Gasteiger partial charge in [0.1, 0.15) is 5.75 Å². The summed E-state index contributed by atoms with van der Waals surface area (Å²) in [4.78, 5) is 26.0. The molecule has 0 aliphatic carbocycles. The second kappa shape index (κ2) is 8.32. The molecule has 4 rings (SSSR count). The van der Waals surface area contributed by atoms with E-state index in [4.69, 9.17) is 4.74 Å². The van der Waals surface area contributed by atoms with E-state index in [1.807, 2.05) is 29.6 Å². The molecule has 2 aromatic carbocycles. The first kappa shape index (κ1) is 19.0. The number of thiophene rings is 1. The van der Waals surface area contributed by atoms with E-state index < -0.39 is 0 Å². The lowest BCUT2D eigenvalue weighted by atomic mass is 10.1. The fraction of sp³-hybridized carbons (Fsp3) is 0.130. The van der Waals surface area contributed by atoms with E-state index in [2.05, 4.69) is 16.8 Å². The van der Waals surface area contributed by atoms with Gasteiger partial charge in [-0.3, -0.25) is 14.2 Å². The maximum Gasteiger partial charge on any atom is 0.262 e. The van der Waals surface area contributed by atoms with E-state index in [1.54, 1.807) is 48.9 Å². The van der Waals surface area contributed by atoms with Crippen LogP contribution < -0.4 is 15.6 Å². The molecule has 0 aliphatic rings. The largest absolute Gasteiger partial charge is 0.497 e. The highest BCUT2D eigenvalue weighted by atomic mass is 32.1. The number of nitrogens with zero attached hydrogens (tertiary/aromatic N) is 1. The fourth-order valence-electron chi connectivity index (χ4n) is 3.28. The summed E-state index contributed by atoms with van der Waals surface area (Å²) in [7, 11) is 1.58. The Labute approximate surface area is 172 Å². The second-order valence-electron chi connectivity index (χ2n) is 6.60. The van der Waals surface area contributed by atoms with Crippen LogP contribution in [0.15, 0.2) is 76.3 Å². The smallest absolute Gasteiger partial charge is 0.262 e. The van der Waals surface area contributed by atoms with E-state index in [0.717, 1.165) is 6.42 Å². The molecular formula is C23H20N2O3S. The maximum absolute atomic E-state index is 13.1. The van der Waals surface area contributed by atoms with Crippen molar-refractivity contribution >= 4 is 28.0 Å². The molecule has 1 amide bonds. The highest BCUT2D eigenvalue weighted by Crippen LogP contribution is 2.20. The first-order chi connectivity index (χ1) is 14.2. The van der Waals surface area contributed by atoms with Gasteiger partial charge in [-0.2, -0.15) is 11.3 Å². The lowest BCUT2D eigenvalue weighted by Crippen LogP contribution is -2.28. The van der Waals surface area contributed by atoms with Crippen molar-refractivity contribution in [1.82, 2.24) is 9.88 Å². The summed E-state index contributed by atoms with van der Waals surface area (Å²) in [6.07, 6.45) is 2.38. The number of amides is 1. The third-order valence-corrected chi connectivity index (χ3v) is 5.51. The average Bonchev–Trinajstić information content (AvgIpc) is 3.27. The number of hydrogen-bond donors (Lipinski definition) is 1. The molecule has 1 N–H and O–H groups in total. The summed E-state index contributed by atoms with van der Waals surface area (Å²) in [6.45, 7) is 0.530. The quantitative estimate of drug-likeness (QED) is 0.528. The Morgan fingerprint density at radius 1 is 1.10 bits per heavy atom. The van der Waals surface area contributed by atoms with Gasteiger partial charge in [0.2, 0.25) is 0 Å². The SMILES string of the molecule is COc1cccc(-n2cc(C(=O)NCCc3ccsc3)c3ccccc3c2=O)c1. The van der Waals surface area contributed by atoms with Crippen molar-refractivity contribution in [2.45, 2.75) is 6.42 Å². The molecule has 0 unspecified atom stereocenters. The van der Waals surface area contributed by atoms with Gasteiger partial charge in [0, 0.05) is 29.6 Å². The number of pyridine rings is 1. The summed E-state index contributed by atoms with van der Waals surface area (Å²) in [5, 5.41) is 8.22. The van der Waals surface area contributed by atoms with Gasteiger partial charge < -0.3 is 10.1 Å². The Kier molecular flexibility index (Phi) is 5.44. The highest BCUT2D eigenvalue weighted by molar-refractivity contribution is 7.07. The molecule has 0 aliphatic heterocycles. The van der Waals surface area contributed by atoms with Crippen LogP contribution in [0.25, 0.3) is 16.5 Å². The Hall–Kier alpha value is -3.38. The molecule has 146 valence electrons. The van der Waals surface area contributed by atoms with Crippen molar-refractivity contribution in [2.24, 2.45) is 0 Å². The molecule has 6 heteroatoms. The molecule has 0 bridgehead atoms. The van der Waals surface area contributed by atoms with Crippen LogP contribution in [0, 0.1) is 0 Å². The summed E-state index contributed by atoms with van der Waals surface area (Å²) < 4.78 is 6.77. The number of carbonyl (C=O) groups excluding carboxylic acids is 1. The Bertz CT molecular complexity index is 1210. The van der Waals surface area contributed by atoms with E-state index in [-0.39, 0.29) is 11.5 Å². The van der Waals surface area contributed by atoms with Crippen LogP contribution in [0.4, 0.5) is 0 Å². The van der Waals surface area contributed by atoms with Crippen LogP contribution in [-0.2, 0) is 6.42 Å². The van der Waals surface area contributed by atoms with Gasteiger partial charge in [-0.15, -0.1) is 0 Å². The zero-order valence-electron chi connectivity index (χ0n) is 15.9. The molecule has 0 saturated carbocycles. The number of fused-ring (bicyclic) bond motifs is 1. The van der Waals surface area contributed by atoms with Gasteiger partial charge in [-0.05, 0) is 47.0 Å². The van der Waals surface area contributed by atoms with Crippen molar-refractivity contribution in [2.75, 3.05) is 13.7 Å². The number of ether oxygens (including phenoxy) is 1. The van der Waals surface area contributed by atoms with Gasteiger partial charge in [-0.25, -0.2) is 0 Å². The van der Waals surface area contributed by atoms with E-state index in [9.17, 15) is 9.59 Å². The van der Waals surface area contributed by atoms with Gasteiger partial charge in [0.05, 0.1) is 18.4 Å². The number of rotatable bonds is 6. The number of nitrogens with one attached hydrogen (secondary N) is 1. The summed E-state index contributed by atoms with van der Waals surface area (Å²) in [6, 6.07) is 16.5. The Morgan fingerprint density at radius 2 is 1.93 bits per heavy atom. The summed E-state index contributed by atoms with van der Waals surface area (Å²) >= 11 is 1.64. The molecule has 2 heterocycles. The van der Waals surface area contributed by atoms with Crippen LogP contribution >= 0.6 is 11.3 Å². The van der Waals surface area contributed by atoms with E-state index in [0.29, 0.717) is 34.3 Å². The van der Waals surface area contributed by atoms with Crippen molar-refractivity contribution in [3.8, 4) is 11.4 Å². The molecule has 0 saturated heterocycles. The molecule has 5 nitrogen and oxygen atoms in total. The van der Waals surface area contributed by atoms with E-state index >= 15 is 0 Å². The lowest BCUT2D eigenvalue weighted by Gasteiger charge is -2.13. The molecular weight excluding hydrogens is 384 g/mol. The van der Waals surface area contributed by atoms with Crippen LogP contribution in [0.2, 0.25) is 0 Å². The fourth-order valence-corrected chi connectivity index (χ4v) is 3.98. The van der Waals surface area contributed by atoms with Crippen LogP contribution in [0.5, 0.6) is 5.75 Å². The molecule has 0 fully saturated rings. The third kappa shape index (κ3) is 3.93. The van der Waals surface area contributed by atoms with Crippen molar-refractivity contribution in [3.63, 3.8) is 0 Å². The Balaban J connectivity index is 1.73. The minimum absolute atomic E-state index is 0.177. The lowest BCUT2D eigenvalue weighted by molar-refractivity contribution is 0.0955. The van der Waals surface area contributed by atoms with Gasteiger partial charge >= 0.3 is 0 Å². The minimum atomic E-state index is -0.201. The van der Waals surface area contributed by atoms with Crippen molar-refractivity contribution in [3.05, 3.63) is 93.0 Å². The number of aromatic nitrogens is 1. The molecule has 0 radical (unpaired) electrons. The van der Waals surface area contributed by atoms with Crippen molar-refractivity contribution in [1.29, 1.82) is 0 Å². The zero-order chi connectivity index (χ0) is 20.2. The van der Waals surface area contributed by atoms with E-state index in [1.165, 1.54) is 10.1 Å². The predicted molar refractivity (Wildman–Crippen MR) is 116 cm³/mol. The second-order valence-corrected chi connectivity index (χ2v) is 7.38. The zero-order valence-corrected chi connectivity index (χ0v) is 16.7. The topological polar surface area (TPSA) is 60.3 Å². The highest BCUT2D eigenvalue weighted by Gasteiger charge is 2.15. The summed E-state index contributed by atoms with van der Waals surface area (Å²) in [5.41, 5.74) is 2.13. The third-order valence-electron chi connectivity index (χ3n) is 4.78. The number of hydrogen-bond acceptors (Lipinski definition) is 4.